The topological polar surface area (TPSA) is 44.8 Å². The van der Waals surface area contributed by atoms with Gasteiger partial charge in [-0.05, 0) is 25.2 Å². The Kier molecular flexibility index (Phi) is 6.00. The van der Waals surface area contributed by atoms with Crippen molar-refractivity contribution in [1.82, 2.24) is 0 Å². The van der Waals surface area contributed by atoms with Crippen LogP contribution in [-0.4, -0.2) is 40.3 Å². The molecule has 0 bridgehead atoms. The molecule has 0 heterocycles. The van der Waals surface area contributed by atoms with E-state index in [-0.39, 0.29) is 5.56 Å². The number of methoxy groups -OCH3 is 2. The highest BCUT2D eigenvalue weighted by Crippen LogP contribution is 2.47. The number of carbonyl (C=O) groups is 1. The summed E-state index contributed by atoms with van der Waals surface area (Å²) in [6, 6.07) is 7.68. The lowest BCUT2D eigenvalue weighted by molar-refractivity contribution is -0.284. The number of ether oxygens (including phenoxy) is 2. The van der Waals surface area contributed by atoms with E-state index in [1.165, 1.54) is 12.1 Å². The van der Waals surface area contributed by atoms with E-state index in [0.717, 1.165) is 14.2 Å². The summed E-state index contributed by atoms with van der Waals surface area (Å²) in [5.74, 6) is -1.52. The largest absolute Gasteiger partial charge is 0.467 e. The van der Waals surface area contributed by atoms with E-state index in [1.807, 2.05) is 0 Å². The molecule has 1 aromatic rings. The first-order valence-corrected chi connectivity index (χ1v) is 10.3. The minimum Gasteiger partial charge on any atom is -0.467 e. The molecule has 4 nitrogen and oxygen atoms in total. The lowest BCUT2D eigenvalue weighted by Gasteiger charge is -2.42. The van der Waals surface area contributed by atoms with Crippen LogP contribution in [-0.2, 0) is 18.7 Å². The van der Waals surface area contributed by atoms with Crippen molar-refractivity contribution in [2.45, 2.75) is 37.5 Å². The molecular formula is C15H21F3O4Si. The van der Waals surface area contributed by atoms with Crippen molar-refractivity contribution in [2.75, 3.05) is 14.2 Å². The molecule has 8 heteroatoms. The summed E-state index contributed by atoms with van der Waals surface area (Å²) < 4.78 is 56.8. The highest BCUT2D eigenvalue weighted by Gasteiger charge is 2.69. The summed E-state index contributed by atoms with van der Waals surface area (Å²) in [5, 5.41) is 0. The van der Waals surface area contributed by atoms with Gasteiger partial charge in [-0.3, -0.25) is 0 Å². The van der Waals surface area contributed by atoms with Crippen LogP contribution in [0.4, 0.5) is 13.2 Å². The average Bonchev–Trinajstić information content (AvgIpc) is 2.44. The number of benzene rings is 1. The maximum Gasteiger partial charge on any atom is 0.430 e. The van der Waals surface area contributed by atoms with Gasteiger partial charge in [0, 0.05) is 7.11 Å². The molecule has 0 radical (unpaired) electrons. The second-order valence-corrected chi connectivity index (χ2v) is 10.4. The Labute approximate surface area is 134 Å². The van der Waals surface area contributed by atoms with Gasteiger partial charge in [-0.25, -0.2) is 4.79 Å². The van der Waals surface area contributed by atoms with Crippen LogP contribution in [0.15, 0.2) is 30.3 Å². The molecule has 0 amide bonds. The minimum atomic E-state index is -5.02. The monoisotopic (exact) mass is 350 g/mol. The van der Waals surface area contributed by atoms with Crippen molar-refractivity contribution in [2.24, 2.45) is 0 Å². The van der Waals surface area contributed by atoms with Crippen LogP contribution in [0.5, 0.6) is 0 Å². The molecule has 0 fully saturated rings. The predicted octanol–water partition coefficient (Wildman–Crippen LogP) is 3.70. The number of esters is 1. The van der Waals surface area contributed by atoms with Gasteiger partial charge in [0.2, 0.25) is 0 Å². The molecule has 130 valence electrons. The number of alkyl halides is 3. The summed E-state index contributed by atoms with van der Waals surface area (Å²) in [5.41, 5.74) is -3.04. The van der Waals surface area contributed by atoms with E-state index in [2.05, 4.69) is 4.74 Å². The van der Waals surface area contributed by atoms with Gasteiger partial charge in [0.05, 0.1) is 7.11 Å². The minimum absolute atomic E-state index is 0.177. The van der Waals surface area contributed by atoms with E-state index in [1.54, 1.807) is 37.8 Å². The van der Waals surface area contributed by atoms with Gasteiger partial charge < -0.3 is 13.9 Å². The van der Waals surface area contributed by atoms with Gasteiger partial charge in [-0.15, -0.1) is 0 Å². The van der Waals surface area contributed by atoms with Gasteiger partial charge >= 0.3 is 12.1 Å². The third kappa shape index (κ3) is 4.13. The third-order valence-corrected chi connectivity index (χ3v) is 4.02. The van der Waals surface area contributed by atoms with Crippen molar-refractivity contribution in [3.63, 3.8) is 0 Å². The lowest BCUT2D eigenvalue weighted by Crippen LogP contribution is -2.62. The Morgan fingerprint density at radius 2 is 1.61 bits per heavy atom. The molecule has 0 aliphatic heterocycles. The quantitative estimate of drug-likeness (QED) is 0.580. The second-order valence-electron chi connectivity index (χ2n) is 5.97. The van der Waals surface area contributed by atoms with E-state index >= 15 is 0 Å². The van der Waals surface area contributed by atoms with E-state index in [4.69, 9.17) is 9.16 Å². The van der Waals surface area contributed by atoms with Crippen molar-refractivity contribution in [3.8, 4) is 0 Å². The molecule has 2 unspecified atom stereocenters. The summed E-state index contributed by atoms with van der Waals surface area (Å²) in [6.07, 6.45) is -6.69. The molecule has 1 aromatic carbocycles. The first-order valence-electron chi connectivity index (χ1n) is 6.92. The zero-order valence-corrected chi connectivity index (χ0v) is 14.7. The Bertz CT molecular complexity index is 528. The summed E-state index contributed by atoms with van der Waals surface area (Å²) in [4.78, 5) is 12.2. The van der Waals surface area contributed by atoms with Gasteiger partial charge in [-0.2, -0.15) is 13.2 Å². The highest BCUT2D eigenvalue weighted by molar-refractivity contribution is 6.70. The van der Waals surface area contributed by atoms with Crippen LogP contribution in [0.3, 0.4) is 0 Å². The van der Waals surface area contributed by atoms with Crippen molar-refractivity contribution in [3.05, 3.63) is 35.9 Å². The molecule has 0 aromatic heterocycles. The summed E-state index contributed by atoms with van der Waals surface area (Å²) in [7, 11) is -0.791. The van der Waals surface area contributed by atoms with Crippen LogP contribution in [0.25, 0.3) is 0 Å². The summed E-state index contributed by atoms with van der Waals surface area (Å²) in [6.45, 7) is 4.69. The Balaban J connectivity index is 3.61. The third-order valence-electron chi connectivity index (χ3n) is 3.08. The van der Waals surface area contributed by atoms with Gasteiger partial charge in [0.15, 0.2) is 8.32 Å². The van der Waals surface area contributed by atoms with Gasteiger partial charge in [0.25, 0.3) is 5.60 Å². The number of hydrogen-bond donors (Lipinski definition) is 0. The van der Waals surface area contributed by atoms with Crippen LogP contribution in [0.1, 0.15) is 11.7 Å². The lowest BCUT2D eigenvalue weighted by atomic mass is 9.90. The Hall–Kier alpha value is -1.38. The van der Waals surface area contributed by atoms with Gasteiger partial charge in [-0.1, -0.05) is 30.3 Å². The van der Waals surface area contributed by atoms with E-state index in [0.29, 0.717) is 0 Å². The zero-order valence-electron chi connectivity index (χ0n) is 13.7. The first-order chi connectivity index (χ1) is 10.5. The predicted molar refractivity (Wildman–Crippen MR) is 81.4 cm³/mol. The number of hydrogen-bond acceptors (Lipinski definition) is 4. The molecule has 0 spiro atoms. The smallest absolute Gasteiger partial charge is 0.430 e. The number of carbonyl (C=O) groups excluding carboxylic acids is 1. The fourth-order valence-corrected chi connectivity index (χ4v) is 3.60. The maximum absolute atomic E-state index is 14.0. The zero-order chi connectivity index (χ0) is 17.9. The fourth-order valence-electron chi connectivity index (χ4n) is 2.32. The SMILES string of the molecule is COC(=O)C(O[Si](C)(C)C)(C(OC)c1ccccc1)C(F)(F)F. The number of rotatable bonds is 6. The van der Waals surface area contributed by atoms with Crippen LogP contribution < -0.4 is 0 Å². The second kappa shape index (κ2) is 7.02. The van der Waals surface area contributed by atoms with E-state index in [9.17, 15) is 18.0 Å². The van der Waals surface area contributed by atoms with Crippen molar-refractivity contribution in [1.29, 1.82) is 0 Å². The van der Waals surface area contributed by atoms with Crippen molar-refractivity contribution < 1.29 is 31.9 Å². The Morgan fingerprint density at radius 3 is 1.96 bits per heavy atom. The average molecular weight is 350 g/mol. The molecule has 0 aliphatic carbocycles. The van der Waals surface area contributed by atoms with Crippen molar-refractivity contribution >= 4 is 14.3 Å². The van der Waals surface area contributed by atoms with Crippen LogP contribution >= 0.6 is 0 Å². The fraction of sp³-hybridized carbons (Fsp3) is 0.533. The van der Waals surface area contributed by atoms with Crippen LogP contribution in [0, 0.1) is 0 Å². The van der Waals surface area contributed by atoms with Crippen LogP contribution in [0.2, 0.25) is 19.6 Å². The van der Waals surface area contributed by atoms with E-state index < -0.39 is 32.2 Å². The molecule has 0 saturated carbocycles. The molecule has 0 N–H and O–H groups in total. The standard InChI is InChI=1S/C15H21F3O4Si/c1-20-12(11-9-7-6-8-10-11)14(13(19)21-2,15(16,17)18)22-23(3,4)5/h6-10,12H,1-5H3. The molecule has 2 atom stereocenters. The normalized spacial score (nSPS) is 16.5. The molecule has 0 aliphatic rings. The summed E-state index contributed by atoms with van der Waals surface area (Å²) >= 11 is 0. The molecule has 0 saturated heterocycles. The van der Waals surface area contributed by atoms with Gasteiger partial charge in [0.1, 0.15) is 6.10 Å². The number of halogens is 3. The highest BCUT2D eigenvalue weighted by atomic mass is 28.4. The molecule has 23 heavy (non-hydrogen) atoms. The molecular weight excluding hydrogens is 329 g/mol. The Morgan fingerprint density at radius 1 is 1.09 bits per heavy atom. The maximum atomic E-state index is 14.0. The molecule has 1 rings (SSSR count). The first kappa shape index (κ1) is 19.7.